The first-order valence-corrected chi connectivity index (χ1v) is 13.1. The van der Waals surface area contributed by atoms with Gasteiger partial charge >= 0.3 is 0 Å². The van der Waals surface area contributed by atoms with Crippen LogP contribution in [0.2, 0.25) is 0 Å². The third-order valence-corrected chi connectivity index (χ3v) is 6.96. The van der Waals surface area contributed by atoms with E-state index in [1.165, 1.54) is 24.5 Å². The quantitative estimate of drug-likeness (QED) is 0.215. The molecular formula is C27H33FN8O3. The van der Waals surface area contributed by atoms with Gasteiger partial charge in [-0.3, -0.25) is 9.89 Å². The maximum absolute atomic E-state index is 13.4. The average molecular weight is 537 g/mol. The van der Waals surface area contributed by atoms with E-state index < -0.39 is 5.82 Å². The van der Waals surface area contributed by atoms with Crippen LogP contribution >= 0.6 is 0 Å². The zero-order valence-corrected chi connectivity index (χ0v) is 21.9. The van der Waals surface area contributed by atoms with Crippen molar-refractivity contribution in [2.45, 2.75) is 32.6 Å². The third kappa shape index (κ3) is 6.70. The van der Waals surface area contributed by atoms with Gasteiger partial charge < -0.3 is 25.4 Å². The SMILES string of the molecule is Cc1c(OCCCN2CCC(CO)CC2)cn2ncnc(Nc3cc(CC(=O)Nc4cccc(F)c4)[nH]n3)c12. The Kier molecular flexibility index (Phi) is 8.33. The van der Waals surface area contributed by atoms with Crippen LogP contribution in [0.15, 0.2) is 42.9 Å². The van der Waals surface area contributed by atoms with Crippen LogP contribution in [-0.4, -0.2) is 73.6 Å². The van der Waals surface area contributed by atoms with Crippen LogP contribution in [-0.2, 0) is 11.2 Å². The maximum atomic E-state index is 13.4. The Bertz CT molecular complexity index is 1410. The number of aliphatic hydroxyl groups excluding tert-OH is 1. The molecule has 1 saturated heterocycles. The number of carbonyl (C=O) groups excluding carboxylic acids is 1. The number of likely N-dealkylation sites (tertiary alicyclic amines) is 1. The number of nitrogens with one attached hydrogen (secondary N) is 3. The summed E-state index contributed by atoms with van der Waals surface area (Å²) in [6.45, 7) is 5.86. The minimum atomic E-state index is -0.415. The number of aryl methyl sites for hydroxylation is 1. The smallest absolute Gasteiger partial charge is 0.230 e. The number of hydrogen-bond donors (Lipinski definition) is 4. The highest BCUT2D eigenvalue weighted by molar-refractivity contribution is 5.92. The molecule has 1 aromatic carbocycles. The molecule has 0 atom stereocenters. The second-order valence-electron chi connectivity index (χ2n) is 9.83. The van der Waals surface area contributed by atoms with Crippen LogP contribution in [0.25, 0.3) is 5.52 Å². The molecule has 3 aromatic heterocycles. The summed E-state index contributed by atoms with van der Waals surface area (Å²) in [4.78, 5) is 19.2. The van der Waals surface area contributed by atoms with Gasteiger partial charge in [-0.05, 0) is 63.4 Å². The summed E-state index contributed by atoms with van der Waals surface area (Å²) in [6.07, 6.45) is 6.36. The van der Waals surface area contributed by atoms with Crippen molar-refractivity contribution in [3.05, 3.63) is 59.9 Å². The fourth-order valence-corrected chi connectivity index (χ4v) is 4.82. The molecule has 0 spiro atoms. The molecule has 1 aliphatic heterocycles. The summed E-state index contributed by atoms with van der Waals surface area (Å²) in [7, 11) is 0. The summed E-state index contributed by atoms with van der Waals surface area (Å²) in [5.74, 6) is 1.54. The van der Waals surface area contributed by atoms with Crippen molar-refractivity contribution in [3.8, 4) is 5.75 Å². The number of carbonyl (C=O) groups is 1. The fourth-order valence-electron chi connectivity index (χ4n) is 4.82. The molecule has 206 valence electrons. The second-order valence-corrected chi connectivity index (χ2v) is 9.83. The van der Waals surface area contributed by atoms with Crippen LogP contribution in [0.3, 0.4) is 0 Å². The molecule has 5 rings (SSSR count). The molecule has 1 aliphatic rings. The summed E-state index contributed by atoms with van der Waals surface area (Å²) in [6, 6.07) is 7.47. The van der Waals surface area contributed by atoms with Crippen molar-refractivity contribution in [1.82, 2.24) is 29.7 Å². The summed E-state index contributed by atoms with van der Waals surface area (Å²) in [5, 5.41) is 26.6. The molecule has 4 N–H and O–H groups in total. The van der Waals surface area contributed by atoms with E-state index >= 15 is 0 Å². The molecule has 12 heteroatoms. The minimum Gasteiger partial charge on any atom is -0.492 e. The first-order valence-electron chi connectivity index (χ1n) is 13.1. The van der Waals surface area contributed by atoms with Gasteiger partial charge in [0.05, 0.1) is 19.2 Å². The molecule has 39 heavy (non-hydrogen) atoms. The van der Waals surface area contributed by atoms with Crippen molar-refractivity contribution in [3.63, 3.8) is 0 Å². The number of piperidine rings is 1. The predicted octanol–water partition coefficient (Wildman–Crippen LogP) is 3.30. The first kappa shape index (κ1) is 26.6. The van der Waals surface area contributed by atoms with E-state index in [1.54, 1.807) is 16.6 Å². The van der Waals surface area contributed by atoms with Gasteiger partial charge in [-0.1, -0.05) is 6.07 Å². The minimum absolute atomic E-state index is 0.0476. The standard InChI is InChI=1S/C27H33FN8O3/c1-18-23(39-11-3-8-35-9-6-19(16-37)7-10-35)15-36-26(18)27(29-17-30-36)32-24-13-22(33-34-24)14-25(38)31-21-5-2-4-20(28)12-21/h2,4-5,12-13,15,17,19,37H,3,6-11,14,16H2,1H3,(H,31,38)(H2,29,30,32,33,34). The van der Waals surface area contributed by atoms with Crippen molar-refractivity contribution in [2.75, 3.05) is 43.5 Å². The van der Waals surface area contributed by atoms with E-state index in [1.807, 2.05) is 13.1 Å². The van der Waals surface area contributed by atoms with Gasteiger partial charge in [0, 0.05) is 36.2 Å². The van der Waals surface area contributed by atoms with Gasteiger partial charge in [0.25, 0.3) is 0 Å². The Labute approximate surface area is 225 Å². The molecule has 1 amide bonds. The number of aliphatic hydroxyl groups is 1. The number of aromatic nitrogens is 5. The Morgan fingerprint density at radius 3 is 2.92 bits per heavy atom. The number of fused-ring (bicyclic) bond motifs is 1. The van der Waals surface area contributed by atoms with Crippen molar-refractivity contribution >= 4 is 28.7 Å². The number of ether oxygens (including phenoxy) is 1. The summed E-state index contributed by atoms with van der Waals surface area (Å²) < 4.78 is 21.2. The number of halogens is 1. The van der Waals surface area contributed by atoms with Gasteiger partial charge in [0.1, 0.15) is 23.4 Å². The first-order chi connectivity index (χ1) is 19.0. The molecule has 0 radical (unpaired) electrons. The highest BCUT2D eigenvalue weighted by Gasteiger charge is 2.19. The van der Waals surface area contributed by atoms with Gasteiger partial charge in [0.15, 0.2) is 11.6 Å². The predicted molar refractivity (Wildman–Crippen MR) is 145 cm³/mol. The molecule has 4 heterocycles. The van der Waals surface area contributed by atoms with E-state index in [2.05, 4.69) is 35.8 Å². The molecule has 11 nitrogen and oxygen atoms in total. The number of benzene rings is 1. The van der Waals surface area contributed by atoms with Crippen LogP contribution in [0.5, 0.6) is 5.75 Å². The van der Waals surface area contributed by atoms with Crippen LogP contribution in [0.4, 0.5) is 21.7 Å². The second kappa shape index (κ2) is 12.2. The highest BCUT2D eigenvalue weighted by Crippen LogP contribution is 2.29. The van der Waals surface area contributed by atoms with Gasteiger partial charge in [-0.15, -0.1) is 0 Å². The number of H-pyrrole nitrogens is 1. The van der Waals surface area contributed by atoms with Crippen molar-refractivity contribution in [1.29, 1.82) is 0 Å². The zero-order valence-electron chi connectivity index (χ0n) is 21.9. The number of amides is 1. The van der Waals surface area contributed by atoms with Crippen molar-refractivity contribution < 1.29 is 19.0 Å². The molecule has 0 unspecified atom stereocenters. The largest absolute Gasteiger partial charge is 0.492 e. The van der Waals surface area contributed by atoms with E-state index in [4.69, 9.17) is 4.74 Å². The van der Waals surface area contributed by atoms with E-state index in [9.17, 15) is 14.3 Å². The Balaban J connectivity index is 1.17. The van der Waals surface area contributed by atoms with Crippen LogP contribution in [0.1, 0.15) is 30.5 Å². The monoisotopic (exact) mass is 536 g/mol. The Morgan fingerprint density at radius 2 is 2.13 bits per heavy atom. The number of hydrogen-bond acceptors (Lipinski definition) is 8. The number of rotatable bonds is 11. The number of aromatic amines is 1. The topological polar surface area (TPSA) is 133 Å². The van der Waals surface area contributed by atoms with E-state index in [0.717, 1.165) is 55.7 Å². The lowest BCUT2D eigenvalue weighted by Crippen LogP contribution is -2.35. The normalized spacial score (nSPS) is 14.5. The van der Waals surface area contributed by atoms with Crippen molar-refractivity contribution in [2.24, 2.45) is 5.92 Å². The van der Waals surface area contributed by atoms with Crippen LogP contribution < -0.4 is 15.4 Å². The zero-order chi connectivity index (χ0) is 27.2. The van der Waals surface area contributed by atoms with Gasteiger partial charge in [-0.2, -0.15) is 10.2 Å². The number of anilines is 3. The highest BCUT2D eigenvalue weighted by atomic mass is 19.1. The summed E-state index contributed by atoms with van der Waals surface area (Å²) >= 11 is 0. The molecule has 4 aromatic rings. The van der Waals surface area contributed by atoms with E-state index in [-0.39, 0.29) is 18.9 Å². The molecule has 0 aliphatic carbocycles. The third-order valence-electron chi connectivity index (χ3n) is 6.96. The fraction of sp³-hybridized carbons (Fsp3) is 0.407. The van der Waals surface area contributed by atoms with Crippen LogP contribution in [0, 0.1) is 18.7 Å². The number of nitrogens with zero attached hydrogens (tertiary/aromatic N) is 5. The molecule has 0 saturated carbocycles. The lowest BCUT2D eigenvalue weighted by Gasteiger charge is -2.30. The maximum Gasteiger partial charge on any atom is 0.230 e. The Morgan fingerprint density at radius 1 is 1.28 bits per heavy atom. The molecular weight excluding hydrogens is 503 g/mol. The van der Waals surface area contributed by atoms with E-state index in [0.29, 0.717) is 35.5 Å². The summed E-state index contributed by atoms with van der Waals surface area (Å²) in [5.41, 5.74) is 2.66. The molecule has 0 bridgehead atoms. The average Bonchev–Trinajstić information content (AvgIpc) is 3.50. The van der Waals surface area contributed by atoms with Gasteiger partial charge in [-0.25, -0.2) is 13.9 Å². The van der Waals surface area contributed by atoms with Gasteiger partial charge in [0.2, 0.25) is 5.91 Å². The lowest BCUT2D eigenvalue weighted by atomic mass is 9.98. The molecule has 1 fully saturated rings. The Hall–Kier alpha value is -4.03. The lowest BCUT2D eigenvalue weighted by molar-refractivity contribution is -0.115.